The second-order valence-electron chi connectivity index (χ2n) is 18.0. The lowest BCUT2D eigenvalue weighted by molar-refractivity contribution is 0.660. The van der Waals surface area contributed by atoms with E-state index in [0.29, 0.717) is 0 Å². The molecule has 0 aliphatic heterocycles. The van der Waals surface area contributed by atoms with E-state index in [-0.39, 0.29) is 5.41 Å². The number of para-hydroxylation sites is 1. The largest absolute Gasteiger partial charge is 0.309 e. The van der Waals surface area contributed by atoms with E-state index in [1.54, 1.807) is 0 Å². The predicted molar refractivity (Wildman–Crippen MR) is 272 cm³/mol. The fourth-order valence-corrected chi connectivity index (χ4v) is 12.3. The van der Waals surface area contributed by atoms with Gasteiger partial charge in [0.1, 0.15) is 0 Å². The summed E-state index contributed by atoms with van der Waals surface area (Å²) in [7, 11) is 0. The first-order valence-corrected chi connectivity index (χ1v) is 22.8. The summed E-state index contributed by atoms with van der Waals surface area (Å²) in [6.45, 7) is 4.73. The van der Waals surface area contributed by atoms with Gasteiger partial charge in [-0.05, 0) is 143 Å². The van der Waals surface area contributed by atoms with Crippen molar-refractivity contribution in [3.8, 4) is 39.1 Å². The van der Waals surface area contributed by atoms with Gasteiger partial charge >= 0.3 is 0 Å². The van der Waals surface area contributed by atoms with Gasteiger partial charge in [0, 0.05) is 41.7 Å². The van der Waals surface area contributed by atoms with Crippen molar-refractivity contribution in [2.45, 2.75) is 19.3 Å². The highest BCUT2D eigenvalue weighted by Gasteiger charge is 2.35. The van der Waals surface area contributed by atoms with E-state index in [0.717, 1.165) is 0 Å². The van der Waals surface area contributed by atoms with Crippen molar-refractivity contribution < 1.29 is 0 Å². The molecule has 2 aromatic heterocycles. The maximum atomic E-state index is 2.48. The number of fused-ring (bicyclic) bond motifs is 16. The minimum Gasteiger partial charge on any atom is -0.309 e. The summed E-state index contributed by atoms with van der Waals surface area (Å²) >= 11 is 1.89. The van der Waals surface area contributed by atoms with Crippen molar-refractivity contribution in [3.05, 3.63) is 211 Å². The van der Waals surface area contributed by atoms with Gasteiger partial charge in [-0.2, -0.15) is 0 Å². The Bertz CT molecular complexity index is 4110. The molecule has 1 aliphatic rings. The molecule has 0 bridgehead atoms. The molecular formula is C61H39NS. The Morgan fingerprint density at radius 3 is 1.65 bits per heavy atom. The van der Waals surface area contributed by atoms with E-state index in [4.69, 9.17) is 0 Å². The lowest BCUT2D eigenvalue weighted by Crippen LogP contribution is -2.14. The van der Waals surface area contributed by atoms with Gasteiger partial charge in [-0.3, -0.25) is 0 Å². The van der Waals surface area contributed by atoms with Crippen LogP contribution in [-0.2, 0) is 5.41 Å². The van der Waals surface area contributed by atoms with E-state index in [1.165, 1.54) is 135 Å². The molecule has 0 radical (unpaired) electrons. The molecule has 1 nitrogen and oxygen atoms in total. The zero-order valence-corrected chi connectivity index (χ0v) is 35.7. The van der Waals surface area contributed by atoms with Gasteiger partial charge < -0.3 is 4.57 Å². The van der Waals surface area contributed by atoms with Gasteiger partial charge in [0.15, 0.2) is 0 Å². The van der Waals surface area contributed by atoms with Crippen LogP contribution in [0.3, 0.4) is 0 Å². The summed E-state index contributed by atoms with van der Waals surface area (Å²) < 4.78 is 5.12. The fraction of sp³-hybridized carbons (Fsp3) is 0.0492. The molecule has 2 heterocycles. The number of nitrogens with zero attached hydrogens (tertiary/aromatic N) is 1. The quantitative estimate of drug-likeness (QED) is 0.157. The van der Waals surface area contributed by atoms with Crippen LogP contribution in [-0.4, -0.2) is 4.57 Å². The molecule has 0 N–H and O–H groups in total. The molecule has 0 spiro atoms. The zero-order chi connectivity index (χ0) is 41.6. The first-order valence-electron chi connectivity index (χ1n) is 22.0. The number of thiophene rings is 1. The normalized spacial score (nSPS) is 13.4. The average Bonchev–Trinajstić information content (AvgIpc) is 3.94. The number of rotatable bonds is 3. The number of aromatic nitrogens is 1. The second-order valence-corrected chi connectivity index (χ2v) is 19.1. The van der Waals surface area contributed by atoms with Crippen LogP contribution in [0.5, 0.6) is 0 Å². The third kappa shape index (κ3) is 4.93. The smallest absolute Gasteiger partial charge is 0.0547 e. The summed E-state index contributed by atoms with van der Waals surface area (Å²) in [5, 5.41) is 15.4. The topological polar surface area (TPSA) is 4.93 Å². The predicted octanol–water partition coefficient (Wildman–Crippen LogP) is 17.4. The fourth-order valence-electron chi connectivity index (χ4n) is 11.3. The highest BCUT2D eigenvalue weighted by Crippen LogP contribution is 2.50. The van der Waals surface area contributed by atoms with Crippen molar-refractivity contribution in [1.82, 2.24) is 4.57 Å². The van der Waals surface area contributed by atoms with Crippen molar-refractivity contribution >= 4 is 96.4 Å². The molecule has 63 heavy (non-hydrogen) atoms. The molecule has 1 aliphatic carbocycles. The molecule has 13 aromatic rings. The highest BCUT2D eigenvalue weighted by molar-refractivity contribution is 7.25. The first-order chi connectivity index (χ1) is 31.0. The Balaban J connectivity index is 0.940. The standard InChI is InChI=1S/C61H39NS/c1-61(2)54-19-9-7-17-45(54)46-27-23-40(33-55(46)61)39-25-29-60-53(32-39)52-31-38(24-28-59(52)63-60)37-22-26-44-48(30-37)42-15-5-6-16-43(42)49-34-51-47-18-8-10-20-57(47)62(58(51)35-50(44)49)56-21-11-13-36-12-3-4-14-41(36)56/h3-35H,1-2H3. The van der Waals surface area contributed by atoms with Gasteiger partial charge in [-0.1, -0.05) is 153 Å². The van der Waals surface area contributed by atoms with E-state index < -0.39 is 0 Å². The maximum Gasteiger partial charge on any atom is 0.0547 e. The molecular weight excluding hydrogens is 779 g/mol. The molecule has 2 heteroatoms. The Kier molecular flexibility index (Phi) is 7.12. The molecule has 0 saturated carbocycles. The number of hydrogen-bond donors (Lipinski definition) is 0. The third-order valence-corrected chi connectivity index (χ3v) is 15.5. The lowest BCUT2D eigenvalue weighted by Gasteiger charge is -2.22. The monoisotopic (exact) mass is 817 g/mol. The molecule has 11 aromatic carbocycles. The minimum absolute atomic E-state index is 0.0305. The lowest BCUT2D eigenvalue weighted by atomic mass is 9.81. The van der Waals surface area contributed by atoms with Gasteiger partial charge in [-0.15, -0.1) is 11.3 Å². The first kappa shape index (κ1) is 35.1. The van der Waals surface area contributed by atoms with Gasteiger partial charge in [0.05, 0.1) is 16.7 Å². The van der Waals surface area contributed by atoms with Crippen LogP contribution in [0.4, 0.5) is 0 Å². The van der Waals surface area contributed by atoms with Crippen molar-refractivity contribution in [2.24, 2.45) is 0 Å². The third-order valence-electron chi connectivity index (χ3n) is 14.4. The summed E-state index contributed by atoms with van der Waals surface area (Å²) in [5.74, 6) is 0. The Labute approximate surface area is 368 Å². The van der Waals surface area contributed by atoms with Crippen molar-refractivity contribution in [3.63, 3.8) is 0 Å². The van der Waals surface area contributed by atoms with E-state index >= 15 is 0 Å². The van der Waals surface area contributed by atoms with Gasteiger partial charge in [0.2, 0.25) is 0 Å². The zero-order valence-electron chi connectivity index (χ0n) is 34.9. The number of hydrogen-bond acceptors (Lipinski definition) is 1. The summed E-state index contributed by atoms with van der Waals surface area (Å²) in [4.78, 5) is 0. The van der Waals surface area contributed by atoms with E-state index in [1.807, 2.05) is 11.3 Å². The SMILES string of the molecule is CC1(C)c2ccccc2-c2ccc(-c3ccc4sc5ccc(-c6ccc7c(c6)c6ccccc6c6cc8c9ccccc9n(-c9cccc%10ccccc9%10)c8cc76)cc5c4c3)cc21. The molecule has 0 atom stereocenters. The molecule has 0 unspecified atom stereocenters. The van der Waals surface area contributed by atoms with Crippen molar-refractivity contribution in [2.75, 3.05) is 0 Å². The summed E-state index contributed by atoms with van der Waals surface area (Å²) in [6, 6.07) is 75.5. The Morgan fingerprint density at radius 1 is 0.333 bits per heavy atom. The minimum atomic E-state index is -0.0305. The molecule has 0 saturated heterocycles. The van der Waals surface area contributed by atoms with E-state index in [2.05, 4.69) is 219 Å². The van der Waals surface area contributed by atoms with Gasteiger partial charge in [-0.25, -0.2) is 0 Å². The summed E-state index contributed by atoms with van der Waals surface area (Å²) in [5.41, 5.74) is 14.2. The molecule has 294 valence electrons. The van der Waals surface area contributed by atoms with Crippen LogP contribution >= 0.6 is 11.3 Å². The molecule has 0 fully saturated rings. The number of benzene rings is 11. The highest BCUT2D eigenvalue weighted by atomic mass is 32.1. The molecule has 14 rings (SSSR count). The second kappa shape index (κ2) is 12.8. The van der Waals surface area contributed by atoms with Crippen LogP contribution in [0.1, 0.15) is 25.0 Å². The van der Waals surface area contributed by atoms with Gasteiger partial charge in [0.25, 0.3) is 0 Å². The van der Waals surface area contributed by atoms with Crippen LogP contribution in [0.15, 0.2) is 200 Å². The van der Waals surface area contributed by atoms with Crippen LogP contribution in [0.25, 0.3) is 124 Å². The Morgan fingerprint density at radius 2 is 0.873 bits per heavy atom. The maximum absolute atomic E-state index is 2.48. The average molecular weight is 818 g/mol. The summed E-state index contributed by atoms with van der Waals surface area (Å²) in [6.07, 6.45) is 0. The van der Waals surface area contributed by atoms with Crippen LogP contribution < -0.4 is 0 Å². The van der Waals surface area contributed by atoms with E-state index in [9.17, 15) is 0 Å². The van der Waals surface area contributed by atoms with Crippen LogP contribution in [0, 0.1) is 0 Å². The van der Waals surface area contributed by atoms with Crippen molar-refractivity contribution in [1.29, 1.82) is 0 Å². The Hall–Kier alpha value is -7.52. The molecule has 0 amide bonds. The van der Waals surface area contributed by atoms with Crippen LogP contribution in [0.2, 0.25) is 0 Å².